The summed E-state index contributed by atoms with van der Waals surface area (Å²) >= 11 is 0. The van der Waals surface area contributed by atoms with E-state index in [0.717, 1.165) is 6.54 Å². The van der Waals surface area contributed by atoms with Gasteiger partial charge < -0.3 is 10.3 Å². The fourth-order valence-corrected chi connectivity index (χ4v) is 2.84. The fraction of sp³-hybridized carbons (Fsp3) is 0.308. The van der Waals surface area contributed by atoms with E-state index in [1.165, 1.54) is 12.1 Å². The first-order chi connectivity index (χ1) is 9.43. The van der Waals surface area contributed by atoms with Crippen molar-refractivity contribution in [3.05, 3.63) is 40.3 Å². The molecule has 0 aliphatic rings. The molecule has 2 aromatic rings. The molecule has 108 valence electrons. The van der Waals surface area contributed by atoms with Crippen LogP contribution in [0.3, 0.4) is 0 Å². The zero-order chi connectivity index (χ0) is 14.8. The van der Waals surface area contributed by atoms with Crippen LogP contribution in [0.25, 0.3) is 10.8 Å². The van der Waals surface area contributed by atoms with Gasteiger partial charge in [0.05, 0.1) is 4.90 Å². The highest BCUT2D eigenvalue weighted by Crippen LogP contribution is 2.20. The maximum Gasteiger partial charge on any atom is 0.256 e. The molecule has 1 aromatic heterocycles. The minimum atomic E-state index is -3.86. The maximum atomic E-state index is 12.0. The largest absolute Gasteiger partial charge is 0.326 e. The number of nitrogens with one attached hydrogen (secondary N) is 2. The molecule has 6 nitrogen and oxygen atoms in total. The Labute approximate surface area is 117 Å². The first-order valence-corrected chi connectivity index (χ1v) is 7.86. The zero-order valence-corrected chi connectivity index (χ0v) is 12.0. The number of nitrogens with two attached hydrogens (primary N) is 1. The summed E-state index contributed by atoms with van der Waals surface area (Å²) in [6, 6.07) is 6.17. The van der Waals surface area contributed by atoms with Crippen molar-refractivity contribution in [2.24, 2.45) is 5.14 Å². The second-order valence-electron chi connectivity index (χ2n) is 4.49. The molecule has 0 spiro atoms. The Hall–Kier alpha value is -1.70. The van der Waals surface area contributed by atoms with E-state index in [2.05, 4.69) is 10.3 Å². The number of hydrogen-bond donors (Lipinski definition) is 3. The van der Waals surface area contributed by atoms with Crippen LogP contribution < -0.4 is 16.0 Å². The Balaban J connectivity index is 2.59. The summed E-state index contributed by atoms with van der Waals surface area (Å²) in [6.45, 7) is 3.53. The van der Waals surface area contributed by atoms with E-state index < -0.39 is 10.0 Å². The summed E-state index contributed by atoms with van der Waals surface area (Å²) in [6.07, 6.45) is 0.609. The number of benzene rings is 1. The normalized spacial score (nSPS) is 11.9. The van der Waals surface area contributed by atoms with Gasteiger partial charge in [-0.2, -0.15) is 0 Å². The number of rotatable bonds is 5. The molecule has 7 heteroatoms. The number of sulfonamides is 1. The Morgan fingerprint density at radius 1 is 1.30 bits per heavy atom. The number of aromatic nitrogens is 1. The molecule has 0 saturated heterocycles. The molecule has 0 saturated carbocycles. The predicted octanol–water partition coefficient (Wildman–Crippen LogP) is 0.327. The third-order valence-corrected chi connectivity index (χ3v) is 4.00. The van der Waals surface area contributed by atoms with Crippen molar-refractivity contribution < 1.29 is 8.42 Å². The molecule has 0 fully saturated rings. The van der Waals surface area contributed by atoms with Gasteiger partial charge in [-0.1, -0.05) is 13.0 Å². The van der Waals surface area contributed by atoms with Crippen LogP contribution in [0.2, 0.25) is 0 Å². The van der Waals surface area contributed by atoms with Crippen LogP contribution in [0.1, 0.15) is 12.6 Å². The maximum absolute atomic E-state index is 12.0. The smallest absolute Gasteiger partial charge is 0.256 e. The molecule has 0 aliphatic heterocycles. The molecular formula is C13H17N3O3S. The Morgan fingerprint density at radius 3 is 2.70 bits per heavy atom. The van der Waals surface area contributed by atoms with Crippen LogP contribution in [-0.4, -0.2) is 26.5 Å². The molecule has 0 unspecified atom stereocenters. The highest BCUT2D eigenvalue weighted by atomic mass is 32.2. The van der Waals surface area contributed by atoms with Crippen molar-refractivity contribution in [3.63, 3.8) is 0 Å². The highest BCUT2D eigenvalue weighted by molar-refractivity contribution is 7.89. The summed E-state index contributed by atoms with van der Waals surface area (Å²) < 4.78 is 23.2. The molecule has 0 radical (unpaired) electrons. The van der Waals surface area contributed by atoms with Gasteiger partial charge in [0.2, 0.25) is 10.0 Å². The van der Waals surface area contributed by atoms with Crippen molar-refractivity contribution in [3.8, 4) is 0 Å². The monoisotopic (exact) mass is 295 g/mol. The molecule has 20 heavy (non-hydrogen) atoms. The standard InChI is InChI=1S/C13H17N3O3S/c1-2-15-7-6-9-8-11-10(13(17)16-9)4-3-5-12(11)20(14,18)19/h3-5,8,15H,2,6-7H2,1H3,(H,16,17)(H2,14,18,19). The highest BCUT2D eigenvalue weighted by Gasteiger charge is 2.14. The van der Waals surface area contributed by atoms with Gasteiger partial charge in [-0.15, -0.1) is 0 Å². The van der Waals surface area contributed by atoms with Gasteiger partial charge in [0, 0.05) is 29.4 Å². The SMILES string of the molecule is CCNCCc1cc2c(S(N)(=O)=O)cccc2c(=O)[nH]1. The summed E-state index contributed by atoms with van der Waals surface area (Å²) in [5.41, 5.74) is 0.374. The van der Waals surface area contributed by atoms with Gasteiger partial charge in [-0.25, -0.2) is 13.6 Å². The number of fused-ring (bicyclic) bond motifs is 1. The van der Waals surface area contributed by atoms with E-state index in [4.69, 9.17) is 5.14 Å². The average molecular weight is 295 g/mol. The number of H-pyrrole nitrogens is 1. The average Bonchev–Trinajstić information content (AvgIpc) is 2.37. The minimum Gasteiger partial charge on any atom is -0.326 e. The predicted molar refractivity (Wildman–Crippen MR) is 78.2 cm³/mol. The summed E-state index contributed by atoms with van der Waals surface area (Å²) in [5, 5.41) is 9.03. The van der Waals surface area contributed by atoms with Gasteiger partial charge in [-0.3, -0.25) is 4.79 Å². The molecule has 0 amide bonds. The topological polar surface area (TPSA) is 105 Å². The Kier molecular flexibility index (Phi) is 4.22. The third kappa shape index (κ3) is 3.06. The first-order valence-electron chi connectivity index (χ1n) is 6.32. The molecule has 0 aliphatic carbocycles. The van der Waals surface area contributed by atoms with Crippen LogP contribution in [-0.2, 0) is 16.4 Å². The van der Waals surface area contributed by atoms with E-state index >= 15 is 0 Å². The second-order valence-corrected chi connectivity index (χ2v) is 6.02. The van der Waals surface area contributed by atoms with Crippen molar-refractivity contribution in [2.75, 3.05) is 13.1 Å². The van der Waals surface area contributed by atoms with Gasteiger partial charge >= 0.3 is 0 Å². The number of likely N-dealkylation sites (N-methyl/N-ethyl adjacent to an activating group) is 1. The van der Waals surface area contributed by atoms with E-state index in [-0.39, 0.29) is 10.5 Å². The molecule has 2 rings (SSSR count). The van der Waals surface area contributed by atoms with Crippen LogP contribution in [0.15, 0.2) is 34.0 Å². The van der Waals surface area contributed by atoms with Crippen LogP contribution in [0.5, 0.6) is 0 Å². The van der Waals surface area contributed by atoms with Crippen molar-refractivity contribution in [2.45, 2.75) is 18.2 Å². The lowest BCUT2D eigenvalue weighted by Crippen LogP contribution is -2.19. The van der Waals surface area contributed by atoms with E-state index in [0.29, 0.717) is 29.4 Å². The van der Waals surface area contributed by atoms with Crippen molar-refractivity contribution in [1.82, 2.24) is 10.3 Å². The lowest BCUT2D eigenvalue weighted by atomic mass is 10.1. The molecule has 1 heterocycles. The number of primary sulfonamides is 1. The molecular weight excluding hydrogens is 278 g/mol. The Bertz CT molecular complexity index is 781. The second kappa shape index (κ2) is 5.74. The zero-order valence-electron chi connectivity index (χ0n) is 11.1. The van der Waals surface area contributed by atoms with Crippen molar-refractivity contribution >= 4 is 20.8 Å². The fourth-order valence-electron chi connectivity index (χ4n) is 2.10. The summed E-state index contributed by atoms with van der Waals surface area (Å²) in [4.78, 5) is 14.7. The Morgan fingerprint density at radius 2 is 2.05 bits per heavy atom. The number of pyridine rings is 1. The molecule has 0 atom stereocenters. The number of hydrogen-bond acceptors (Lipinski definition) is 4. The van der Waals surface area contributed by atoms with E-state index in [1.54, 1.807) is 12.1 Å². The summed E-state index contributed by atoms with van der Waals surface area (Å²) in [7, 11) is -3.86. The van der Waals surface area contributed by atoms with Gasteiger partial charge in [-0.05, 0) is 24.7 Å². The van der Waals surface area contributed by atoms with Crippen molar-refractivity contribution in [1.29, 1.82) is 0 Å². The quantitative estimate of drug-likeness (QED) is 0.691. The minimum absolute atomic E-state index is 0.0224. The third-order valence-electron chi connectivity index (χ3n) is 3.03. The van der Waals surface area contributed by atoms with E-state index in [9.17, 15) is 13.2 Å². The van der Waals surface area contributed by atoms with Gasteiger partial charge in [0.15, 0.2) is 0 Å². The van der Waals surface area contributed by atoms with Crippen LogP contribution >= 0.6 is 0 Å². The van der Waals surface area contributed by atoms with Crippen LogP contribution in [0, 0.1) is 0 Å². The van der Waals surface area contributed by atoms with E-state index in [1.807, 2.05) is 6.92 Å². The number of aromatic amines is 1. The van der Waals surface area contributed by atoms with Gasteiger partial charge in [0.1, 0.15) is 0 Å². The lowest BCUT2D eigenvalue weighted by Gasteiger charge is -2.07. The molecule has 0 bridgehead atoms. The van der Waals surface area contributed by atoms with Gasteiger partial charge in [0.25, 0.3) is 5.56 Å². The summed E-state index contributed by atoms with van der Waals surface area (Å²) in [5.74, 6) is 0. The lowest BCUT2D eigenvalue weighted by molar-refractivity contribution is 0.598. The molecule has 4 N–H and O–H groups in total. The first kappa shape index (κ1) is 14.7. The van der Waals surface area contributed by atoms with Crippen LogP contribution in [0.4, 0.5) is 0 Å². The molecule has 1 aromatic carbocycles.